The Balaban J connectivity index is 2.04. The van der Waals surface area contributed by atoms with E-state index in [-0.39, 0.29) is 5.41 Å². The minimum absolute atomic E-state index is 0.219. The highest BCUT2D eigenvalue weighted by molar-refractivity contribution is 7.19. The van der Waals surface area contributed by atoms with E-state index in [4.69, 9.17) is 0 Å². The van der Waals surface area contributed by atoms with Crippen LogP contribution < -0.4 is 5.32 Å². The van der Waals surface area contributed by atoms with Crippen molar-refractivity contribution in [3.05, 3.63) is 34.2 Å². The zero-order valence-electron chi connectivity index (χ0n) is 13.9. The third-order valence-electron chi connectivity index (χ3n) is 4.38. The van der Waals surface area contributed by atoms with Gasteiger partial charge in [-0.15, -0.1) is 11.3 Å². The Bertz CT molecular complexity index is 641. The van der Waals surface area contributed by atoms with Gasteiger partial charge in [0, 0.05) is 22.2 Å². The second-order valence-electron chi connectivity index (χ2n) is 7.71. The van der Waals surface area contributed by atoms with Gasteiger partial charge in [0.1, 0.15) is 0 Å². The molecule has 1 aliphatic carbocycles. The van der Waals surface area contributed by atoms with Gasteiger partial charge < -0.3 is 5.32 Å². The first-order chi connectivity index (χ1) is 9.86. The van der Waals surface area contributed by atoms with E-state index >= 15 is 0 Å². The molecule has 0 atom stereocenters. The van der Waals surface area contributed by atoms with Crippen LogP contribution >= 0.6 is 11.3 Å². The molecule has 1 aromatic heterocycles. The van der Waals surface area contributed by atoms with Crippen LogP contribution in [-0.4, -0.2) is 6.04 Å². The van der Waals surface area contributed by atoms with Gasteiger partial charge in [0.25, 0.3) is 0 Å². The number of rotatable bonds is 4. The summed E-state index contributed by atoms with van der Waals surface area (Å²) in [6, 6.07) is 7.84. The fraction of sp³-hybridized carbons (Fsp3) is 0.579. The number of thiophene rings is 1. The third-order valence-corrected chi connectivity index (χ3v) is 5.56. The number of nitrogens with one attached hydrogen (secondary N) is 1. The van der Waals surface area contributed by atoms with Crippen molar-refractivity contribution in [2.24, 2.45) is 0 Å². The highest BCUT2D eigenvalue weighted by Crippen LogP contribution is 2.38. The predicted molar refractivity (Wildman–Crippen MR) is 94.5 cm³/mol. The van der Waals surface area contributed by atoms with E-state index in [9.17, 15) is 0 Å². The summed E-state index contributed by atoms with van der Waals surface area (Å²) in [4.78, 5) is 1.54. The monoisotopic (exact) mass is 301 g/mol. The SMILES string of the molecule is CC(C)c1c(CNC2CC2)sc2ccc(C(C)(C)C)cc12. The van der Waals surface area contributed by atoms with Gasteiger partial charge in [0.05, 0.1) is 0 Å². The Morgan fingerprint density at radius 2 is 1.95 bits per heavy atom. The first kappa shape index (κ1) is 15.1. The van der Waals surface area contributed by atoms with Crippen molar-refractivity contribution in [2.45, 2.75) is 71.4 Å². The van der Waals surface area contributed by atoms with Crippen molar-refractivity contribution in [3.8, 4) is 0 Å². The van der Waals surface area contributed by atoms with Crippen LogP contribution in [0.4, 0.5) is 0 Å². The molecule has 0 bridgehead atoms. The van der Waals surface area contributed by atoms with Crippen molar-refractivity contribution in [1.82, 2.24) is 5.32 Å². The summed E-state index contributed by atoms with van der Waals surface area (Å²) in [6.07, 6.45) is 2.71. The largest absolute Gasteiger partial charge is 0.309 e. The molecule has 114 valence electrons. The van der Waals surface area contributed by atoms with Gasteiger partial charge >= 0.3 is 0 Å². The Labute approximate surface area is 132 Å². The predicted octanol–water partition coefficient (Wildman–Crippen LogP) is 5.57. The molecule has 2 heteroatoms. The van der Waals surface area contributed by atoms with Gasteiger partial charge in [0.2, 0.25) is 0 Å². The number of fused-ring (bicyclic) bond motifs is 1. The highest BCUT2D eigenvalue weighted by atomic mass is 32.1. The molecule has 0 unspecified atom stereocenters. The van der Waals surface area contributed by atoms with Crippen LogP contribution in [0.5, 0.6) is 0 Å². The molecule has 1 N–H and O–H groups in total. The fourth-order valence-corrected chi connectivity index (χ4v) is 4.21. The third kappa shape index (κ3) is 3.17. The molecule has 1 nitrogen and oxygen atoms in total. The van der Waals surface area contributed by atoms with E-state index in [0.717, 1.165) is 12.6 Å². The molecule has 0 radical (unpaired) electrons. The molecular formula is C19H27NS. The van der Waals surface area contributed by atoms with Crippen molar-refractivity contribution in [2.75, 3.05) is 0 Å². The van der Waals surface area contributed by atoms with Crippen LogP contribution in [-0.2, 0) is 12.0 Å². The molecule has 1 aliphatic rings. The maximum Gasteiger partial charge on any atom is 0.0349 e. The van der Waals surface area contributed by atoms with E-state index in [1.807, 2.05) is 11.3 Å². The van der Waals surface area contributed by atoms with Crippen LogP contribution in [0.2, 0.25) is 0 Å². The smallest absolute Gasteiger partial charge is 0.0349 e. The standard InChI is InChI=1S/C19H27NS/c1-12(2)18-15-10-13(19(3,4)5)6-9-16(15)21-17(18)11-20-14-7-8-14/h6,9-10,12,14,20H,7-8,11H2,1-5H3. The van der Waals surface area contributed by atoms with Crippen molar-refractivity contribution < 1.29 is 0 Å². The summed E-state index contributed by atoms with van der Waals surface area (Å²) in [7, 11) is 0. The van der Waals surface area contributed by atoms with Gasteiger partial charge in [-0.2, -0.15) is 0 Å². The van der Waals surface area contributed by atoms with Crippen molar-refractivity contribution in [3.63, 3.8) is 0 Å². The molecular weight excluding hydrogens is 274 g/mol. The Hall–Kier alpha value is -0.860. The van der Waals surface area contributed by atoms with Gasteiger partial charge in [-0.05, 0) is 52.8 Å². The number of hydrogen-bond acceptors (Lipinski definition) is 2. The molecule has 21 heavy (non-hydrogen) atoms. The summed E-state index contributed by atoms with van der Waals surface area (Å²) >= 11 is 1.98. The van der Waals surface area contributed by atoms with Crippen LogP contribution in [0.3, 0.4) is 0 Å². The molecule has 0 aliphatic heterocycles. The summed E-state index contributed by atoms with van der Waals surface area (Å²) in [6.45, 7) is 12.6. The van der Waals surface area contributed by atoms with Crippen LogP contribution in [0.25, 0.3) is 10.1 Å². The van der Waals surface area contributed by atoms with Gasteiger partial charge in [-0.1, -0.05) is 40.7 Å². The summed E-state index contributed by atoms with van der Waals surface area (Å²) in [5, 5.41) is 5.17. The Morgan fingerprint density at radius 1 is 1.24 bits per heavy atom. The molecule has 1 aromatic carbocycles. The minimum atomic E-state index is 0.219. The Kier molecular flexibility index (Phi) is 3.87. The molecule has 3 rings (SSSR count). The number of benzene rings is 1. The first-order valence-corrected chi connectivity index (χ1v) is 8.97. The second kappa shape index (κ2) is 5.40. The lowest BCUT2D eigenvalue weighted by Crippen LogP contribution is -2.15. The van der Waals surface area contributed by atoms with Gasteiger partial charge in [0.15, 0.2) is 0 Å². The van der Waals surface area contributed by atoms with E-state index in [0.29, 0.717) is 5.92 Å². The molecule has 0 amide bonds. The minimum Gasteiger partial charge on any atom is -0.309 e. The molecule has 1 saturated carbocycles. The van der Waals surface area contributed by atoms with Gasteiger partial charge in [-0.3, -0.25) is 0 Å². The molecule has 1 heterocycles. The second-order valence-corrected chi connectivity index (χ2v) is 8.85. The maximum atomic E-state index is 3.68. The maximum absolute atomic E-state index is 3.68. The lowest BCUT2D eigenvalue weighted by molar-refractivity contribution is 0.591. The topological polar surface area (TPSA) is 12.0 Å². The molecule has 0 spiro atoms. The van der Waals surface area contributed by atoms with Crippen LogP contribution in [0, 0.1) is 0 Å². The number of hydrogen-bond donors (Lipinski definition) is 1. The molecule has 1 fully saturated rings. The van der Waals surface area contributed by atoms with Crippen molar-refractivity contribution in [1.29, 1.82) is 0 Å². The van der Waals surface area contributed by atoms with E-state index in [2.05, 4.69) is 58.1 Å². The molecule has 2 aromatic rings. The zero-order valence-corrected chi connectivity index (χ0v) is 14.7. The quantitative estimate of drug-likeness (QED) is 0.778. The zero-order chi connectivity index (χ0) is 15.2. The average molecular weight is 301 g/mol. The van der Waals surface area contributed by atoms with E-state index in [1.54, 1.807) is 5.56 Å². The average Bonchev–Trinajstić information content (AvgIpc) is 3.13. The summed E-state index contributed by atoms with van der Waals surface area (Å²) in [5.74, 6) is 0.588. The van der Waals surface area contributed by atoms with Crippen LogP contribution in [0.1, 0.15) is 69.4 Å². The normalized spacial score (nSPS) is 16.1. The van der Waals surface area contributed by atoms with Crippen molar-refractivity contribution >= 4 is 21.4 Å². The van der Waals surface area contributed by atoms with Crippen LogP contribution in [0.15, 0.2) is 18.2 Å². The fourth-order valence-electron chi connectivity index (χ4n) is 2.92. The highest BCUT2D eigenvalue weighted by Gasteiger charge is 2.23. The lowest BCUT2D eigenvalue weighted by Gasteiger charge is -2.19. The summed E-state index contributed by atoms with van der Waals surface area (Å²) in [5.41, 5.74) is 3.22. The Morgan fingerprint density at radius 3 is 2.52 bits per heavy atom. The lowest BCUT2D eigenvalue weighted by atomic mass is 9.85. The van der Waals surface area contributed by atoms with E-state index in [1.165, 1.54) is 33.4 Å². The first-order valence-electron chi connectivity index (χ1n) is 8.15. The van der Waals surface area contributed by atoms with Gasteiger partial charge in [-0.25, -0.2) is 0 Å². The van der Waals surface area contributed by atoms with E-state index < -0.39 is 0 Å². The summed E-state index contributed by atoms with van der Waals surface area (Å²) < 4.78 is 1.44. The molecule has 0 saturated heterocycles.